The summed E-state index contributed by atoms with van der Waals surface area (Å²) in [5.41, 5.74) is 1.03. The van der Waals surface area contributed by atoms with Crippen LogP contribution in [0.2, 0.25) is 5.02 Å². The second kappa shape index (κ2) is 8.93. The van der Waals surface area contributed by atoms with E-state index < -0.39 is 0 Å². The van der Waals surface area contributed by atoms with Crippen LogP contribution < -0.4 is 15.0 Å². The molecule has 30 heavy (non-hydrogen) atoms. The Morgan fingerprint density at radius 3 is 2.50 bits per heavy atom. The van der Waals surface area contributed by atoms with Crippen LogP contribution in [0.25, 0.3) is 10.1 Å². The third-order valence-corrected chi connectivity index (χ3v) is 6.87. The molecule has 0 bridgehead atoms. The highest BCUT2D eigenvalue weighted by Gasteiger charge is 2.24. The van der Waals surface area contributed by atoms with Crippen molar-refractivity contribution in [2.75, 3.05) is 44.7 Å². The molecule has 1 aromatic heterocycles. The lowest BCUT2D eigenvalue weighted by Crippen LogP contribution is -2.51. The predicted molar refractivity (Wildman–Crippen MR) is 121 cm³/mol. The Balaban J connectivity index is 1.33. The van der Waals surface area contributed by atoms with Crippen molar-refractivity contribution >= 4 is 50.5 Å². The summed E-state index contributed by atoms with van der Waals surface area (Å²) in [5, 5.41) is 4.01. The number of piperazine rings is 1. The Bertz CT molecular complexity index is 1080. The fourth-order valence-electron chi connectivity index (χ4n) is 3.60. The van der Waals surface area contributed by atoms with Gasteiger partial charge in [0.25, 0.3) is 5.91 Å². The number of para-hydroxylation sites is 2. The number of amides is 2. The number of methoxy groups -OCH3 is 1. The average Bonchev–Trinajstić information content (AvgIpc) is 3.14. The van der Waals surface area contributed by atoms with Crippen LogP contribution in [0, 0.1) is 0 Å². The van der Waals surface area contributed by atoms with Crippen molar-refractivity contribution in [3.8, 4) is 5.75 Å². The van der Waals surface area contributed by atoms with Gasteiger partial charge < -0.3 is 19.9 Å². The molecule has 2 amide bonds. The summed E-state index contributed by atoms with van der Waals surface area (Å²) in [6, 6.07) is 15.5. The number of thiophene rings is 1. The van der Waals surface area contributed by atoms with Gasteiger partial charge in [-0.05, 0) is 18.2 Å². The summed E-state index contributed by atoms with van der Waals surface area (Å²) < 4.78 is 6.38. The standard InChI is InChI=1S/C22H22ClN3O3S/c1-29-17-8-4-3-7-16(17)25-10-12-26(13-11-25)19(27)14-24-22(28)21-20(23)15-6-2-5-9-18(15)30-21/h2-9H,10-14H2,1H3,(H,24,28). The monoisotopic (exact) mass is 443 g/mol. The van der Waals surface area contributed by atoms with Crippen molar-refractivity contribution < 1.29 is 14.3 Å². The molecule has 1 aliphatic rings. The van der Waals surface area contributed by atoms with Gasteiger partial charge in [-0.2, -0.15) is 0 Å². The van der Waals surface area contributed by atoms with E-state index in [0.29, 0.717) is 36.1 Å². The average molecular weight is 444 g/mol. The second-order valence-electron chi connectivity index (χ2n) is 6.96. The van der Waals surface area contributed by atoms with Crippen LogP contribution in [0.15, 0.2) is 48.5 Å². The van der Waals surface area contributed by atoms with E-state index in [0.717, 1.165) is 21.5 Å². The van der Waals surface area contributed by atoms with Gasteiger partial charge in [-0.1, -0.05) is 41.9 Å². The molecule has 0 radical (unpaired) electrons. The number of hydrogen-bond donors (Lipinski definition) is 1. The summed E-state index contributed by atoms with van der Waals surface area (Å²) in [4.78, 5) is 29.6. The number of nitrogens with one attached hydrogen (secondary N) is 1. The maximum Gasteiger partial charge on any atom is 0.263 e. The summed E-state index contributed by atoms with van der Waals surface area (Å²) in [5.74, 6) is 0.409. The zero-order valence-corrected chi connectivity index (χ0v) is 18.1. The summed E-state index contributed by atoms with van der Waals surface area (Å²) in [6.45, 7) is 2.56. The Kier molecular flexibility index (Phi) is 6.11. The van der Waals surface area contributed by atoms with Crippen molar-refractivity contribution in [2.24, 2.45) is 0 Å². The van der Waals surface area contributed by atoms with E-state index in [-0.39, 0.29) is 18.4 Å². The fourth-order valence-corrected chi connectivity index (χ4v) is 5.03. The van der Waals surface area contributed by atoms with Crippen LogP contribution in [0.5, 0.6) is 5.75 Å². The van der Waals surface area contributed by atoms with Gasteiger partial charge in [-0.3, -0.25) is 9.59 Å². The summed E-state index contributed by atoms with van der Waals surface area (Å²) in [7, 11) is 1.66. The number of rotatable bonds is 5. The number of anilines is 1. The van der Waals surface area contributed by atoms with Crippen LogP contribution in [-0.4, -0.2) is 56.5 Å². The molecule has 2 heterocycles. The van der Waals surface area contributed by atoms with Crippen molar-refractivity contribution in [1.29, 1.82) is 0 Å². The van der Waals surface area contributed by atoms with E-state index in [4.69, 9.17) is 16.3 Å². The molecule has 8 heteroatoms. The number of ether oxygens (including phenoxy) is 1. The lowest BCUT2D eigenvalue weighted by molar-refractivity contribution is -0.130. The summed E-state index contributed by atoms with van der Waals surface area (Å²) >= 11 is 7.69. The first kappa shape index (κ1) is 20.5. The van der Waals surface area contributed by atoms with Crippen molar-refractivity contribution in [3.05, 3.63) is 58.4 Å². The summed E-state index contributed by atoms with van der Waals surface area (Å²) in [6.07, 6.45) is 0. The van der Waals surface area contributed by atoms with E-state index in [1.807, 2.05) is 48.5 Å². The third-order valence-electron chi connectivity index (χ3n) is 5.20. The van der Waals surface area contributed by atoms with Crippen LogP contribution in [0.4, 0.5) is 5.69 Å². The zero-order valence-electron chi connectivity index (χ0n) is 16.6. The first-order valence-electron chi connectivity index (χ1n) is 9.69. The third kappa shape index (κ3) is 4.08. The second-order valence-corrected chi connectivity index (χ2v) is 8.39. The molecule has 156 valence electrons. The van der Waals surface area contributed by atoms with Crippen molar-refractivity contribution in [2.45, 2.75) is 0 Å². The quantitative estimate of drug-likeness (QED) is 0.654. The van der Waals surface area contributed by atoms with Crippen molar-refractivity contribution in [1.82, 2.24) is 10.2 Å². The molecule has 0 saturated carbocycles. The van der Waals surface area contributed by atoms with Crippen LogP contribution in [-0.2, 0) is 4.79 Å². The molecular formula is C22H22ClN3O3S. The number of nitrogens with zero attached hydrogens (tertiary/aromatic N) is 2. The van der Waals surface area contributed by atoms with Gasteiger partial charge in [-0.25, -0.2) is 0 Å². The number of hydrogen-bond acceptors (Lipinski definition) is 5. The number of fused-ring (bicyclic) bond motifs is 1. The van der Waals surface area contributed by atoms with Gasteiger partial charge in [0.05, 0.1) is 24.4 Å². The van der Waals surface area contributed by atoms with Crippen LogP contribution in [0.3, 0.4) is 0 Å². The molecular weight excluding hydrogens is 422 g/mol. The van der Waals surface area contributed by atoms with Crippen molar-refractivity contribution in [3.63, 3.8) is 0 Å². The SMILES string of the molecule is COc1ccccc1N1CCN(C(=O)CNC(=O)c2sc3ccccc3c2Cl)CC1. The maximum absolute atomic E-state index is 12.6. The van der Waals surface area contributed by atoms with Gasteiger partial charge >= 0.3 is 0 Å². The molecule has 0 spiro atoms. The van der Waals surface area contributed by atoms with Crippen LogP contribution in [0.1, 0.15) is 9.67 Å². The normalized spacial score (nSPS) is 14.1. The predicted octanol–water partition coefficient (Wildman–Crippen LogP) is 3.64. The number of carbonyl (C=O) groups is 2. The molecule has 6 nitrogen and oxygen atoms in total. The number of halogens is 1. The van der Waals surface area contributed by atoms with E-state index in [1.54, 1.807) is 12.0 Å². The zero-order chi connectivity index (χ0) is 21.1. The minimum absolute atomic E-state index is 0.0436. The van der Waals surface area contributed by atoms with Gasteiger partial charge in [0, 0.05) is 36.3 Å². The minimum Gasteiger partial charge on any atom is -0.495 e. The first-order valence-corrected chi connectivity index (χ1v) is 10.9. The smallest absolute Gasteiger partial charge is 0.263 e. The van der Waals surface area contributed by atoms with Gasteiger partial charge in [-0.15, -0.1) is 11.3 Å². The fraction of sp³-hybridized carbons (Fsp3) is 0.273. The molecule has 1 aliphatic heterocycles. The molecule has 1 N–H and O–H groups in total. The van der Waals surface area contributed by atoms with Gasteiger partial charge in [0.1, 0.15) is 10.6 Å². The molecule has 1 fully saturated rings. The highest BCUT2D eigenvalue weighted by molar-refractivity contribution is 7.21. The van der Waals surface area contributed by atoms with E-state index >= 15 is 0 Å². The van der Waals surface area contributed by atoms with Crippen LogP contribution >= 0.6 is 22.9 Å². The van der Waals surface area contributed by atoms with Gasteiger partial charge in [0.2, 0.25) is 5.91 Å². The lowest BCUT2D eigenvalue weighted by Gasteiger charge is -2.36. The number of carbonyl (C=O) groups excluding carboxylic acids is 2. The first-order chi connectivity index (χ1) is 14.6. The Hall–Kier alpha value is -2.77. The topological polar surface area (TPSA) is 61.9 Å². The molecule has 3 aromatic rings. The Labute approximate surface area is 184 Å². The highest BCUT2D eigenvalue weighted by atomic mass is 35.5. The number of benzene rings is 2. The van der Waals surface area contributed by atoms with E-state index in [1.165, 1.54) is 11.3 Å². The molecule has 4 rings (SSSR count). The van der Waals surface area contributed by atoms with Gasteiger partial charge in [0.15, 0.2) is 0 Å². The molecule has 0 unspecified atom stereocenters. The molecule has 0 aliphatic carbocycles. The highest BCUT2D eigenvalue weighted by Crippen LogP contribution is 2.35. The Morgan fingerprint density at radius 2 is 1.77 bits per heavy atom. The maximum atomic E-state index is 12.6. The largest absolute Gasteiger partial charge is 0.495 e. The molecule has 2 aromatic carbocycles. The molecule has 1 saturated heterocycles. The van der Waals surface area contributed by atoms with E-state index in [2.05, 4.69) is 10.2 Å². The lowest BCUT2D eigenvalue weighted by atomic mass is 10.2. The minimum atomic E-state index is -0.317. The Morgan fingerprint density at radius 1 is 1.07 bits per heavy atom. The molecule has 0 atom stereocenters. The van der Waals surface area contributed by atoms with E-state index in [9.17, 15) is 9.59 Å².